The van der Waals surface area contributed by atoms with E-state index in [9.17, 15) is 0 Å². The van der Waals surface area contributed by atoms with Gasteiger partial charge in [0.15, 0.2) is 0 Å². The molecule has 1 aliphatic rings. The van der Waals surface area contributed by atoms with Crippen molar-refractivity contribution >= 4 is 34.0 Å². The predicted molar refractivity (Wildman–Crippen MR) is 112 cm³/mol. The van der Waals surface area contributed by atoms with Crippen LogP contribution in [0.15, 0.2) is 53.7 Å². The van der Waals surface area contributed by atoms with Crippen molar-refractivity contribution in [3.8, 4) is 11.8 Å². The Morgan fingerprint density at radius 3 is 2.59 bits per heavy atom. The predicted octanol–water partition coefficient (Wildman–Crippen LogP) is 4.00. The van der Waals surface area contributed by atoms with Gasteiger partial charge in [0.25, 0.3) is 0 Å². The molecule has 4 rings (SSSR count). The quantitative estimate of drug-likeness (QED) is 0.633. The van der Waals surface area contributed by atoms with Gasteiger partial charge < -0.3 is 11.1 Å². The molecule has 1 aromatic heterocycles. The first-order chi connectivity index (χ1) is 12.9. The molecule has 3 aromatic rings. The van der Waals surface area contributed by atoms with Crippen molar-refractivity contribution < 1.29 is 0 Å². The number of rotatable bonds is 1. The number of nitrogens with two attached hydrogens (primary N) is 1. The van der Waals surface area contributed by atoms with Gasteiger partial charge in [0.2, 0.25) is 0 Å². The Morgan fingerprint density at radius 1 is 1.11 bits per heavy atom. The third kappa shape index (κ3) is 3.47. The van der Waals surface area contributed by atoms with Crippen LogP contribution in [0.25, 0.3) is 10.9 Å². The van der Waals surface area contributed by atoms with E-state index in [0.717, 1.165) is 34.5 Å². The number of pyridine rings is 1. The van der Waals surface area contributed by atoms with Gasteiger partial charge >= 0.3 is 0 Å². The minimum atomic E-state index is 0.00894. The van der Waals surface area contributed by atoms with Gasteiger partial charge in [0, 0.05) is 16.5 Å². The second-order valence-corrected chi connectivity index (χ2v) is 7.63. The molecule has 0 radical (unpaired) electrons. The summed E-state index contributed by atoms with van der Waals surface area (Å²) >= 11 is 6.23. The first-order valence-electron chi connectivity index (χ1n) is 8.71. The molecule has 27 heavy (non-hydrogen) atoms. The van der Waals surface area contributed by atoms with Gasteiger partial charge in [0.1, 0.15) is 5.84 Å². The van der Waals surface area contributed by atoms with E-state index in [-0.39, 0.29) is 5.54 Å². The summed E-state index contributed by atoms with van der Waals surface area (Å²) in [5.74, 6) is 7.30. The summed E-state index contributed by atoms with van der Waals surface area (Å²) in [6.07, 6.45) is 1.60. The fraction of sp³-hybridized carbons (Fsp3) is 0.182. The molecule has 4 nitrogen and oxygen atoms in total. The number of benzene rings is 2. The van der Waals surface area contributed by atoms with Gasteiger partial charge in [0.05, 0.1) is 40.1 Å². The molecular formula is C22H19ClN4. The lowest BCUT2D eigenvalue weighted by molar-refractivity contribution is 0.506. The smallest absolute Gasteiger partial charge is 0.128 e. The number of anilines is 1. The second kappa shape index (κ2) is 6.61. The number of nitrogen functional groups attached to an aromatic ring is 1. The number of hydrogen-bond donors (Lipinski definition) is 2. The lowest BCUT2D eigenvalue weighted by atomic mass is 10.1. The third-order valence-electron chi connectivity index (χ3n) is 4.46. The zero-order valence-corrected chi connectivity index (χ0v) is 15.9. The zero-order chi connectivity index (χ0) is 19.0. The minimum Gasteiger partial charge on any atom is -0.396 e. The summed E-state index contributed by atoms with van der Waals surface area (Å²) in [5.41, 5.74) is 10.1. The molecule has 0 saturated carbocycles. The lowest BCUT2D eigenvalue weighted by Gasteiger charge is -2.18. The maximum absolute atomic E-state index is 6.23. The molecule has 5 heteroatoms. The molecular weight excluding hydrogens is 356 g/mol. The molecule has 2 heterocycles. The second-order valence-electron chi connectivity index (χ2n) is 7.23. The molecule has 0 fully saturated rings. The molecule has 0 unspecified atom stereocenters. The van der Waals surface area contributed by atoms with E-state index < -0.39 is 0 Å². The Morgan fingerprint density at radius 2 is 1.89 bits per heavy atom. The first-order valence-corrected chi connectivity index (χ1v) is 9.08. The normalized spacial score (nSPS) is 15.0. The highest BCUT2D eigenvalue weighted by Crippen LogP contribution is 2.26. The number of aliphatic imine (C=N–C) groups is 1. The number of nitrogens with one attached hydrogen (secondary N) is 1. The number of hydrogen-bond acceptors (Lipinski definition) is 4. The molecule has 0 aliphatic carbocycles. The van der Waals surface area contributed by atoms with Crippen LogP contribution >= 0.6 is 11.6 Å². The Hall–Kier alpha value is -3.03. The Labute approximate surface area is 163 Å². The van der Waals surface area contributed by atoms with Crippen molar-refractivity contribution in [3.05, 3.63) is 70.4 Å². The molecule has 0 amide bonds. The zero-order valence-electron chi connectivity index (χ0n) is 15.2. The molecule has 3 N–H and O–H groups in total. The number of amidine groups is 1. The SMILES string of the molecule is CC1(C)CN=C(c2ccc(C#Cc3c(N)cnc4c(Cl)cccc34)cc2)N1. The van der Waals surface area contributed by atoms with E-state index in [2.05, 4.69) is 41.0 Å². The average Bonchev–Trinajstić information content (AvgIpc) is 3.01. The number of halogens is 1. The van der Waals surface area contributed by atoms with Crippen molar-refractivity contribution in [1.29, 1.82) is 0 Å². The molecule has 0 saturated heterocycles. The average molecular weight is 375 g/mol. The largest absolute Gasteiger partial charge is 0.396 e. The van der Waals surface area contributed by atoms with Crippen LogP contribution in [-0.4, -0.2) is 22.9 Å². The third-order valence-corrected chi connectivity index (χ3v) is 4.76. The topological polar surface area (TPSA) is 63.3 Å². The van der Waals surface area contributed by atoms with Gasteiger partial charge in [-0.2, -0.15) is 0 Å². The fourth-order valence-electron chi connectivity index (χ4n) is 3.03. The maximum Gasteiger partial charge on any atom is 0.128 e. The van der Waals surface area contributed by atoms with Crippen LogP contribution in [0.4, 0.5) is 5.69 Å². The molecule has 0 bridgehead atoms. The number of nitrogens with zero attached hydrogens (tertiary/aromatic N) is 2. The van der Waals surface area contributed by atoms with Gasteiger partial charge in [-0.25, -0.2) is 0 Å². The van der Waals surface area contributed by atoms with Crippen LogP contribution in [0.5, 0.6) is 0 Å². The van der Waals surface area contributed by atoms with Crippen molar-refractivity contribution in [2.75, 3.05) is 12.3 Å². The standard InChI is InChI=1S/C22H19ClN4/c1-22(2)13-26-21(27-22)15-9-6-14(7-10-15)8-11-16-17-4-3-5-18(23)20(17)25-12-19(16)24/h3-7,9-10,12H,13,24H2,1-2H3,(H,26,27). The number of fused-ring (bicyclic) bond motifs is 1. The Bertz CT molecular complexity index is 1120. The van der Waals surface area contributed by atoms with Crippen LogP contribution < -0.4 is 11.1 Å². The molecule has 0 atom stereocenters. The molecule has 1 aliphatic heterocycles. The van der Waals surface area contributed by atoms with Crippen LogP contribution in [0.1, 0.15) is 30.5 Å². The van der Waals surface area contributed by atoms with E-state index in [1.165, 1.54) is 0 Å². The monoisotopic (exact) mass is 374 g/mol. The summed E-state index contributed by atoms with van der Waals surface area (Å²) in [6.45, 7) is 5.05. The van der Waals surface area contributed by atoms with Crippen molar-refractivity contribution in [1.82, 2.24) is 10.3 Å². The van der Waals surface area contributed by atoms with Gasteiger partial charge in [-0.3, -0.25) is 9.98 Å². The summed E-state index contributed by atoms with van der Waals surface area (Å²) < 4.78 is 0. The Kier molecular flexibility index (Phi) is 4.25. The van der Waals surface area contributed by atoms with Gasteiger partial charge in [-0.05, 0) is 32.0 Å². The minimum absolute atomic E-state index is 0.00894. The van der Waals surface area contributed by atoms with Crippen LogP contribution in [0.3, 0.4) is 0 Å². The number of para-hydroxylation sites is 1. The van der Waals surface area contributed by atoms with Crippen LogP contribution in [-0.2, 0) is 0 Å². The van der Waals surface area contributed by atoms with Crippen molar-refractivity contribution in [2.45, 2.75) is 19.4 Å². The fourth-order valence-corrected chi connectivity index (χ4v) is 3.25. The van der Waals surface area contributed by atoms with E-state index in [1.807, 2.05) is 42.5 Å². The van der Waals surface area contributed by atoms with Crippen molar-refractivity contribution in [3.63, 3.8) is 0 Å². The molecule has 0 spiro atoms. The van der Waals surface area contributed by atoms with Crippen molar-refractivity contribution in [2.24, 2.45) is 4.99 Å². The lowest BCUT2D eigenvalue weighted by Crippen LogP contribution is -2.39. The molecule has 2 aromatic carbocycles. The summed E-state index contributed by atoms with van der Waals surface area (Å²) in [4.78, 5) is 8.89. The first kappa shape index (κ1) is 17.4. The highest BCUT2D eigenvalue weighted by molar-refractivity contribution is 6.35. The van der Waals surface area contributed by atoms with Crippen LogP contribution in [0.2, 0.25) is 5.02 Å². The summed E-state index contributed by atoms with van der Waals surface area (Å²) in [6, 6.07) is 13.7. The maximum atomic E-state index is 6.23. The van der Waals surface area contributed by atoms with E-state index in [0.29, 0.717) is 16.2 Å². The number of aromatic nitrogens is 1. The molecule has 134 valence electrons. The summed E-state index contributed by atoms with van der Waals surface area (Å²) in [7, 11) is 0. The highest BCUT2D eigenvalue weighted by atomic mass is 35.5. The summed E-state index contributed by atoms with van der Waals surface area (Å²) in [5, 5.41) is 4.88. The van der Waals surface area contributed by atoms with Gasteiger partial charge in [-0.15, -0.1) is 0 Å². The van der Waals surface area contributed by atoms with E-state index >= 15 is 0 Å². The van der Waals surface area contributed by atoms with E-state index in [1.54, 1.807) is 6.20 Å². The van der Waals surface area contributed by atoms with Gasteiger partial charge in [-0.1, -0.05) is 47.7 Å². The Balaban J connectivity index is 1.65. The highest BCUT2D eigenvalue weighted by Gasteiger charge is 2.25. The van der Waals surface area contributed by atoms with E-state index in [4.69, 9.17) is 17.3 Å². The van der Waals surface area contributed by atoms with Crippen LogP contribution in [0, 0.1) is 11.8 Å².